The van der Waals surface area contributed by atoms with Crippen molar-refractivity contribution >= 4 is 17.3 Å². The second-order valence-electron chi connectivity index (χ2n) is 3.38. The van der Waals surface area contributed by atoms with Gasteiger partial charge in [-0.3, -0.25) is 4.98 Å². The molecule has 0 amide bonds. The minimum absolute atomic E-state index is 0.729. The van der Waals surface area contributed by atoms with Gasteiger partial charge in [-0.2, -0.15) is 0 Å². The van der Waals surface area contributed by atoms with Gasteiger partial charge in [0.1, 0.15) is 0 Å². The Bertz CT molecular complexity index is 451. The maximum absolute atomic E-state index is 5.81. The zero-order valence-electron chi connectivity index (χ0n) is 8.15. The Hall–Kier alpha value is -1.54. The van der Waals surface area contributed by atoms with E-state index in [-0.39, 0.29) is 0 Å². The number of hydrogen-bond donors (Lipinski definition) is 1. The van der Waals surface area contributed by atoms with Crippen molar-refractivity contribution in [3.05, 3.63) is 58.9 Å². The predicted molar refractivity (Wildman–Crippen MR) is 62.9 cm³/mol. The van der Waals surface area contributed by atoms with E-state index in [2.05, 4.69) is 4.98 Å². The molecule has 2 aromatic rings. The van der Waals surface area contributed by atoms with E-state index < -0.39 is 0 Å². The normalized spacial score (nSPS) is 10.2. The van der Waals surface area contributed by atoms with E-state index in [1.807, 2.05) is 30.3 Å². The first kappa shape index (κ1) is 9.99. The smallest absolute Gasteiger partial charge is 0.0536 e. The lowest BCUT2D eigenvalue weighted by molar-refractivity contribution is 1.17. The third-order valence-corrected chi connectivity index (χ3v) is 2.51. The molecule has 2 N–H and O–H groups in total. The van der Waals surface area contributed by atoms with Gasteiger partial charge in [0.15, 0.2) is 0 Å². The fourth-order valence-electron chi connectivity index (χ4n) is 1.42. The number of rotatable bonds is 2. The average Bonchev–Trinajstić information content (AvgIpc) is 2.25. The highest BCUT2D eigenvalue weighted by molar-refractivity contribution is 6.30. The Balaban J connectivity index is 2.22. The molecule has 0 atom stereocenters. The number of benzene rings is 1. The number of pyridine rings is 1. The molecule has 15 heavy (non-hydrogen) atoms. The van der Waals surface area contributed by atoms with Gasteiger partial charge in [0.2, 0.25) is 0 Å². The molecule has 0 aliphatic rings. The Kier molecular flexibility index (Phi) is 2.88. The number of anilines is 1. The summed E-state index contributed by atoms with van der Waals surface area (Å²) >= 11 is 5.81. The van der Waals surface area contributed by atoms with Crippen molar-refractivity contribution in [1.82, 2.24) is 4.98 Å². The fraction of sp³-hybridized carbons (Fsp3) is 0.0833. The molecular weight excluding hydrogens is 208 g/mol. The Labute approximate surface area is 93.7 Å². The van der Waals surface area contributed by atoms with E-state index in [1.165, 1.54) is 5.56 Å². The topological polar surface area (TPSA) is 38.9 Å². The van der Waals surface area contributed by atoms with Crippen LogP contribution in [-0.4, -0.2) is 4.98 Å². The van der Waals surface area contributed by atoms with E-state index in [4.69, 9.17) is 17.3 Å². The summed E-state index contributed by atoms with van der Waals surface area (Å²) in [5.74, 6) is 0. The van der Waals surface area contributed by atoms with Gasteiger partial charge in [-0.1, -0.05) is 23.7 Å². The van der Waals surface area contributed by atoms with Crippen molar-refractivity contribution in [2.45, 2.75) is 6.42 Å². The van der Waals surface area contributed by atoms with Crippen molar-refractivity contribution in [3.8, 4) is 0 Å². The molecule has 0 saturated carbocycles. The first-order valence-electron chi connectivity index (χ1n) is 4.68. The Morgan fingerprint density at radius 3 is 2.53 bits per heavy atom. The fourth-order valence-corrected chi connectivity index (χ4v) is 1.54. The van der Waals surface area contributed by atoms with Crippen molar-refractivity contribution in [2.75, 3.05) is 5.73 Å². The van der Waals surface area contributed by atoms with Crippen LogP contribution < -0.4 is 5.73 Å². The van der Waals surface area contributed by atoms with Crippen LogP contribution in [0.25, 0.3) is 0 Å². The monoisotopic (exact) mass is 218 g/mol. The SMILES string of the molecule is Nc1cnccc1Cc1ccc(Cl)cc1. The summed E-state index contributed by atoms with van der Waals surface area (Å²) in [4.78, 5) is 3.95. The van der Waals surface area contributed by atoms with E-state index in [1.54, 1.807) is 12.4 Å². The third-order valence-electron chi connectivity index (χ3n) is 2.25. The van der Waals surface area contributed by atoms with Crippen molar-refractivity contribution < 1.29 is 0 Å². The number of nitrogens with two attached hydrogens (primary N) is 1. The van der Waals surface area contributed by atoms with Gasteiger partial charge < -0.3 is 5.73 Å². The first-order chi connectivity index (χ1) is 7.25. The van der Waals surface area contributed by atoms with Gasteiger partial charge in [0.25, 0.3) is 0 Å². The van der Waals surface area contributed by atoms with Crippen LogP contribution >= 0.6 is 11.6 Å². The molecule has 3 heteroatoms. The number of hydrogen-bond acceptors (Lipinski definition) is 2. The van der Waals surface area contributed by atoms with Crippen LogP contribution in [0.4, 0.5) is 5.69 Å². The maximum atomic E-state index is 5.81. The number of nitrogens with zero attached hydrogens (tertiary/aromatic N) is 1. The summed E-state index contributed by atoms with van der Waals surface area (Å²) in [7, 11) is 0. The molecule has 1 heterocycles. The summed E-state index contributed by atoms with van der Waals surface area (Å²) in [6.07, 6.45) is 4.23. The molecule has 0 aliphatic heterocycles. The van der Waals surface area contributed by atoms with Crippen LogP contribution in [0.5, 0.6) is 0 Å². The third kappa shape index (κ3) is 2.48. The van der Waals surface area contributed by atoms with Crippen LogP contribution in [0.3, 0.4) is 0 Å². The molecule has 1 aromatic heterocycles. The van der Waals surface area contributed by atoms with Gasteiger partial charge in [0, 0.05) is 11.2 Å². The minimum atomic E-state index is 0.729. The van der Waals surface area contributed by atoms with Crippen molar-refractivity contribution in [3.63, 3.8) is 0 Å². The molecule has 1 aromatic carbocycles. The Morgan fingerprint density at radius 2 is 1.87 bits per heavy atom. The molecule has 0 fully saturated rings. The summed E-state index contributed by atoms with van der Waals surface area (Å²) in [5, 5.41) is 0.751. The number of nitrogen functional groups attached to an aromatic ring is 1. The number of halogens is 1. The summed E-state index contributed by atoms with van der Waals surface area (Å²) < 4.78 is 0. The standard InChI is InChI=1S/C12H11ClN2/c13-11-3-1-9(2-4-11)7-10-5-6-15-8-12(10)14/h1-6,8H,7,14H2. The lowest BCUT2D eigenvalue weighted by Gasteiger charge is -2.04. The lowest BCUT2D eigenvalue weighted by Crippen LogP contribution is -1.96. The van der Waals surface area contributed by atoms with E-state index in [0.29, 0.717) is 0 Å². The molecular formula is C12H11ClN2. The second kappa shape index (κ2) is 4.32. The van der Waals surface area contributed by atoms with E-state index >= 15 is 0 Å². The Morgan fingerprint density at radius 1 is 1.13 bits per heavy atom. The van der Waals surface area contributed by atoms with Gasteiger partial charge in [-0.25, -0.2) is 0 Å². The molecule has 2 nitrogen and oxygen atoms in total. The molecule has 0 bridgehead atoms. The van der Waals surface area contributed by atoms with Crippen molar-refractivity contribution in [2.24, 2.45) is 0 Å². The quantitative estimate of drug-likeness (QED) is 0.842. The van der Waals surface area contributed by atoms with Crippen LogP contribution in [-0.2, 0) is 6.42 Å². The highest BCUT2D eigenvalue weighted by Crippen LogP contribution is 2.16. The second-order valence-corrected chi connectivity index (χ2v) is 3.81. The molecule has 2 rings (SSSR count). The molecule has 76 valence electrons. The van der Waals surface area contributed by atoms with Gasteiger partial charge in [-0.05, 0) is 35.7 Å². The van der Waals surface area contributed by atoms with Crippen LogP contribution in [0.15, 0.2) is 42.7 Å². The van der Waals surface area contributed by atoms with E-state index in [9.17, 15) is 0 Å². The first-order valence-corrected chi connectivity index (χ1v) is 5.06. The maximum Gasteiger partial charge on any atom is 0.0536 e. The van der Waals surface area contributed by atoms with Gasteiger partial charge in [0.05, 0.1) is 11.9 Å². The highest BCUT2D eigenvalue weighted by Gasteiger charge is 2.00. The lowest BCUT2D eigenvalue weighted by atomic mass is 10.1. The minimum Gasteiger partial charge on any atom is -0.397 e. The summed E-state index contributed by atoms with van der Waals surface area (Å²) in [5.41, 5.74) is 8.82. The van der Waals surface area contributed by atoms with Crippen LogP contribution in [0.2, 0.25) is 5.02 Å². The van der Waals surface area contributed by atoms with Crippen molar-refractivity contribution in [1.29, 1.82) is 0 Å². The summed E-state index contributed by atoms with van der Waals surface area (Å²) in [6.45, 7) is 0. The largest absolute Gasteiger partial charge is 0.397 e. The molecule has 0 saturated heterocycles. The average molecular weight is 219 g/mol. The highest BCUT2D eigenvalue weighted by atomic mass is 35.5. The number of aromatic nitrogens is 1. The molecule has 0 spiro atoms. The van der Waals surface area contributed by atoms with Crippen LogP contribution in [0, 0.1) is 0 Å². The predicted octanol–water partition coefficient (Wildman–Crippen LogP) is 2.91. The summed E-state index contributed by atoms with van der Waals surface area (Å²) in [6, 6.07) is 9.71. The van der Waals surface area contributed by atoms with Gasteiger partial charge >= 0.3 is 0 Å². The zero-order chi connectivity index (χ0) is 10.7. The molecule has 0 aliphatic carbocycles. The molecule has 0 radical (unpaired) electrons. The van der Waals surface area contributed by atoms with E-state index in [0.717, 1.165) is 22.7 Å². The van der Waals surface area contributed by atoms with Crippen LogP contribution in [0.1, 0.15) is 11.1 Å². The zero-order valence-corrected chi connectivity index (χ0v) is 8.91. The van der Waals surface area contributed by atoms with Gasteiger partial charge in [-0.15, -0.1) is 0 Å². The molecule has 0 unspecified atom stereocenters.